The van der Waals surface area contributed by atoms with E-state index in [1.54, 1.807) is 12.1 Å². The van der Waals surface area contributed by atoms with Gasteiger partial charge in [-0.15, -0.1) is 0 Å². The molecule has 0 aliphatic carbocycles. The van der Waals surface area contributed by atoms with E-state index in [2.05, 4.69) is 0 Å². The van der Waals surface area contributed by atoms with E-state index in [9.17, 15) is 0 Å². The van der Waals surface area contributed by atoms with Crippen molar-refractivity contribution in [2.24, 2.45) is 5.73 Å². The van der Waals surface area contributed by atoms with Crippen molar-refractivity contribution in [2.45, 2.75) is 13.0 Å². The van der Waals surface area contributed by atoms with Crippen LogP contribution in [0, 0.1) is 0 Å². The maximum absolute atomic E-state index is 6.01. The number of furan rings is 1. The van der Waals surface area contributed by atoms with Crippen molar-refractivity contribution in [3.05, 3.63) is 50.9 Å². The minimum absolute atomic E-state index is 0.242. The number of hydrogen-bond acceptors (Lipinski definition) is 3. The molecule has 0 bridgehead atoms. The van der Waals surface area contributed by atoms with Crippen LogP contribution in [-0.4, -0.2) is 6.54 Å². The van der Waals surface area contributed by atoms with Crippen LogP contribution in [0.4, 0.5) is 0 Å². The minimum atomic E-state index is 0.242. The van der Waals surface area contributed by atoms with Gasteiger partial charge in [-0.1, -0.05) is 34.8 Å². The molecule has 19 heavy (non-hydrogen) atoms. The van der Waals surface area contributed by atoms with Gasteiger partial charge in [-0.2, -0.15) is 0 Å². The molecule has 0 aliphatic heterocycles. The second kappa shape index (κ2) is 6.53. The van der Waals surface area contributed by atoms with E-state index in [1.807, 2.05) is 12.1 Å². The zero-order valence-electron chi connectivity index (χ0n) is 9.96. The summed E-state index contributed by atoms with van der Waals surface area (Å²) in [5.41, 5.74) is 5.45. The van der Waals surface area contributed by atoms with E-state index < -0.39 is 0 Å². The topological polar surface area (TPSA) is 48.4 Å². The van der Waals surface area contributed by atoms with Crippen molar-refractivity contribution in [1.29, 1.82) is 0 Å². The van der Waals surface area contributed by atoms with Gasteiger partial charge in [0, 0.05) is 11.4 Å². The van der Waals surface area contributed by atoms with Gasteiger partial charge in [-0.05, 0) is 30.8 Å². The molecule has 102 valence electrons. The van der Waals surface area contributed by atoms with Crippen LogP contribution in [-0.2, 0) is 13.0 Å². The Balaban J connectivity index is 2.05. The van der Waals surface area contributed by atoms with Gasteiger partial charge in [-0.3, -0.25) is 0 Å². The fourth-order valence-electron chi connectivity index (χ4n) is 1.59. The van der Waals surface area contributed by atoms with Crippen molar-refractivity contribution in [1.82, 2.24) is 0 Å². The summed E-state index contributed by atoms with van der Waals surface area (Å²) in [6.45, 7) is 0.786. The number of halogens is 3. The Morgan fingerprint density at radius 3 is 2.32 bits per heavy atom. The third-order valence-corrected chi connectivity index (χ3v) is 3.21. The van der Waals surface area contributed by atoms with Gasteiger partial charge in [-0.25, -0.2) is 0 Å². The SMILES string of the molecule is NCCc1ccc(COc2c(Cl)cc(Cl)cc2Cl)o1. The highest BCUT2D eigenvalue weighted by Gasteiger charge is 2.10. The van der Waals surface area contributed by atoms with Crippen molar-refractivity contribution < 1.29 is 9.15 Å². The van der Waals surface area contributed by atoms with Gasteiger partial charge in [0.05, 0.1) is 10.0 Å². The third-order valence-electron chi connectivity index (χ3n) is 2.43. The molecular formula is C13H12Cl3NO2. The highest BCUT2D eigenvalue weighted by molar-refractivity contribution is 6.40. The molecule has 0 radical (unpaired) electrons. The number of ether oxygens (including phenoxy) is 1. The predicted molar refractivity (Wildman–Crippen MR) is 77.3 cm³/mol. The molecule has 1 aromatic heterocycles. The summed E-state index contributed by atoms with van der Waals surface area (Å²) in [7, 11) is 0. The van der Waals surface area contributed by atoms with Crippen LogP contribution in [0.2, 0.25) is 15.1 Å². The Morgan fingerprint density at radius 1 is 1.05 bits per heavy atom. The molecule has 3 nitrogen and oxygen atoms in total. The summed E-state index contributed by atoms with van der Waals surface area (Å²) in [5.74, 6) is 1.91. The molecule has 0 fully saturated rings. The zero-order valence-corrected chi connectivity index (χ0v) is 12.2. The maximum Gasteiger partial charge on any atom is 0.157 e. The lowest BCUT2D eigenvalue weighted by molar-refractivity contribution is 0.266. The van der Waals surface area contributed by atoms with Crippen molar-refractivity contribution in [2.75, 3.05) is 6.54 Å². The van der Waals surface area contributed by atoms with Gasteiger partial charge in [0.25, 0.3) is 0 Å². The lowest BCUT2D eigenvalue weighted by Crippen LogP contribution is -2.01. The highest BCUT2D eigenvalue weighted by atomic mass is 35.5. The molecule has 0 spiro atoms. The van der Waals surface area contributed by atoms with Crippen LogP contribution in [0.5, 0.6) is 5.75 Å². The second-order valence-corrected chi connectivity index (χ2v) is 5.14. The van der Waals surface area contributed by atoms with Crippen molar-refractivity contribution >= 4 is 34.8 Å². The number of nitrogens with two attached hydrogens (primary N) is 1. The van der Waals surface area contributed by atoms with E-state index in [0.717, 1.165) is 5.76 Å². The van der Waals surface area contributed by atoms with Gasteiger partial charge in [0.2, 0.25) is 0 Å². The summed E-state index contributed by atoms with van der Waals surface area (Å²) in [4.78, 5) is 0. The number of hydrogen-bond donors (Lipinski definition) is 1. The quantitative estimate of drug-likeness (QED) is 0.892. The molecule has 1 aromatic carbocycles. The fraction of sp³-hybridized carbons (Fsp3) is 0.231. The van der Waals surface area contributed by atoms with Crippen LogP contribution >= 0.6 is 34.8 Å². The highest BCUT2D eigenvalue weighted by Crippen LogP contribution is 2.36. The average Bonchev–Trinajstić information content (AvgIpc) is 2.76. The third kappa shape index (κ3) is 3.80. The smallest absolute Gasteiger partial charge is 0.157 e. The lowest BCUT2D eigenvalue weighted by Gasteiger charge is -2.09. The van der Waals surface area contributed by atoms with E-state index in [4.69, 9.17) is 49.7 Å². The molecule has 0 unspecified atom stereocenters. The van der Waals surface area contributed by atoms with E-state index >= 15 is 0 Å². The average molecular weight is 321 g/mol. The summed E-state index contributed by atoms with van der Waals surface area (Å²) in [5, 5.41) is 1.20. The summed E-state index contributed by atoms with van der Waals surface area (Å²) >= 11 is 17.9. The van der Waals surface area contributed by atoms with Crippen molar-refractivity contribution in [3.8, 4) is 5.75 Å². The summed E-state index contributed by atoms with van der Waals surface area (Å²) < 4.78 is 11.1. The number of benzene rings is 1. The molecular weight excluding hydrogens is 309 g/mol. The first-order chi connectivity index (χ1) is 9.10. The van der Waals surface area contributed by atoms with Gasteiger partial charge in [0.15, 0.2) is 5.75 Å². The molecule has 0 atom stereocenters. The Labute approximate surface area is 126 Å². The van der Waals surface area contributed by atoms with Crippen LogP contribution in [0.1, 0.15) is 11.5 Å². The standard InChI is InChI=1S/C13H12Cl3NO2/c14-8-5-11(15)13(12(16)6-8)18-7-10-2-1-9(19-10)3-4-17/h1-2,5-6H,3-4,7,17H2. The van der Waals surface area contributed by atoms with Crippen LogP contribution < -0.4 is 10.5 Å². The van der Waals surface area contributed by atoms with Crippen LogP contribution in [0.25, 0.3) is 0 Å². The Hall–Kier alpha value is -0.870. The molecule has 0 aliphatic rings. The molecule has 6 heteroatoms. The van der Waals surface area contributed by atoms with Crippen molar-refractivity contribution in [3.63, 3.8) is 0 Å². The second-order valence-electron chi connectivity index (χ2n) is 3.89. The minimum Gasteiger partial charge on any atom is -0.483 e. The summed E-state index contributed by atoms with van der Waals surface area (Å²) in [6, 6.07) is 6.86. The molecule has 2 rings (SSSR count). The molecule has 2 N–H and O–H groups in total. The summed E-state index contributed by atoms with van der Waals surface area (Å²) in [6.07, 6.45) is 0.697. The van der Waals surface area contributed by atoms with Gasteiger partial charge >= 0.3 is 0 Å². The monoisotopic (exact) mass is 319 g/mol. The maximum atomic E-state index is 6.01. The molecule has 0 saturated heterocycles. The zero-order chi connectivity index (χ0) is 13.8. The Bertz CT molecular complexity index is 546. The Kier molecular flexibility index (Phi) is 4.99. The van der Waals surface area contributed by atoms with Gasteiger partial charge < -0.3 is 14.9 Å². The first-order valence-corrected chi connectivity index (χ1v) is 6.78. The van der Waals surface area contributed by atoms with E-state index in [-0.39, 0.29) is 6.61 Å². The molecule has 0 saturated carbocycles. The fourth-order valence-corrected chi connectivity index (χ4v) is 2.51. The van der Waals surface area contributed by atoms with E-state index in [1.165, 1.54) is 0 Å². The lowest BCUT2D eigenvalue weighted by atomic mass is 10.3. The predicted octanol–water partition coefficient (Wildman–Crippen LogP) is 4.32. The first kappa shape index (κ1) is 14.5. The first-order valence-electron chi connectivity index (χ1n) is 5.65. The molecule has 2 aromatic rings. The normalized spacial score (nSPS) is 10.7. The van der Waals surface area contributed by atoms with Crippen LogP contribution in [0.15, 0.2) is 28.7 Å². The Morgan fingerprint density at radius 2 is 1.68 bits per heavy atom. The van der Waals surface area contributed by atoms with Gasteiger partial charge in [0.1, 0.15) is 18.1 Å². The number of rotatable bonds is 5. The molecule has 1 heterocycles. The largest absolute Gasteiger partial charge is 0.483 e. The van der Waals surface area contributed by atoms with Crippen LogP contribution in [0.3, 0.4) is 0 Å². The molecule has 0 amide bonds. The van der Waals surface area contributed by atoms with E-state index in [0.29, 0.717) is 39.5 Å².